The van der Waals surface area contributed by atoms with E-state index in [2.05, 4.69) is 4.98 Å². The first-order valence-electron chi connectivity index (χ1n) is 5.43. The van der Waals surface area contributed by atoms with E-state index in [0.717, 1.165) is 18.5 Å². The lowest BCUT2D eigenvalue weighted by atomic mass is 10.2. The highest BCUT2D eigenvalue weighted by Gasteiger charge is 2.10. The average Bonchev–Trinajstić information content (AvgIpc) is 2.85. The number of carbonyl (C=O) groups is 1. The van der Waals surface area contributed by atoms with Crippen LogP contribution in [0.2, 0.25) is 0 Å². The van der Waals surface area contributed by atoms with E-state index in [1.807, 2.05) is 35.2 Å². The number of esters is 1. The number of methoxy groups -OCH3 is 1. The van der Waals surface area contributed by atoms with Crippen LogP contribution in [0.5, 0.6) is 0 Å². The summed E-state index contributed by atoms with van der Waals surface area (Å²) in [6, 6.07) is 7.53. The molecule has 0 aliphatic carbocycles. The summed E-state index contributed by atoms with van der Waals surface area (Å²) in [4.78, 5) is 15.5. The molecule has 17 heavy (non-hydrogen) atoms. The van der Waals surface area contributed by atoms with E-state index in [0.29, 0.717) is 5.69 Å². The summed E-state index contributed by atoms with van der Waals surface area (Å²) in [5.74, 6) is -0.304. The zero-order chi connectivity index (χ0) is 12.1. The summed E-state index contributed by atoms with van der Waals surface area (Å²) >= 11 is 0. The molecule has 0 spiro atoms. The van der Waals surface area contributed by atoms with Crippen molar-refractivity contribution < 1.29 is 9.53 Å². The van der Waals surface area contributed by atoms with Gasteiger partial charge in [-0.2, -0.15) is 0 Å². The van der Waals surface area contributed by atoms with Gasteiger partial charge in [-0.1, -0.05) is 6.07 Å². The van der Waals surface area contributed by atoms with Gasteiger partial charge in [-0.05, 0) is 30.2 Å². The van der Waals surface area contributed by atoms with Crippen LogP contribution in [0.3, 0.4) is 0 Å². The van der Waals surface area contributed by atoms with Crippen molar-refractivity contribution in [3.8, 4) is 0 Å². The van der Waals surface area contributed by atoms with Crippen molar-refractivity contribution in [2.45, 2.75) is 13.0 Å². The van der Waals surface area contributed by atoms with E-state index in [4.69, 9.17) is 4.74 Å². The van der Waals surface area contributed by atoms with Gasteiger partial charge in [0.1, 0.15) is 5.69 Å². The van der Waals surface area contributed by atoms with Crippen molar-refractivity contribution in [1.29, 1.82) is 0 Å². The number of rotatable bonds is 4. The molecule has 88 valence electrons. The monoisotopic (exact) mass is 230 g/mol. The summed E-state index contributed by atoms with van der Waals surface area (Å²) in [5, 5.41) is 0. The van der Waals surface area contributed by atoms with Gasteiger partial charge in [0, 0.05) is 25.1 Å². The Hall–Kier alpha value is -2.10. The van der Waals surface area contributed by atoms with Crippen LogP contribution in [-0.4, -0.2) is 22.6 Å². The molecule has 0 aliphatic heterocycles. The van der Waals surface area contributed by atoms with Crippen LogP contribution in [-0.2, 0) is 17.7 Å². The van der Waals surface area contributed by atoms with Gasteiger partial charge in [-0.3, -0.25) is 4.98 Å². The molecule has 0 radical (unpaired) electrons. The number of carbonyl (C=O) groups excluding carboxylic acids is 1. The third-order valence-electron chi connectivity index (χ3n) is 2.59. The topological polar surface area (TPSA) is 44.1 Å². The van der Waals surface area contributed by atoms with Crippen molar-refractivity contribution in [3.63, 3.8) is 0 Å². The quantitative estimate of drug-likeness (QED) is 0.754. The highest BCUT2D eigenvalue weighted by molar-refractivity contribution is 5.87. The summed E-state index contributed by atoms with van der Waals surface area (Å²) < 4.78 is 6.60. The fourth-order valence-electron chi connectivity index (χ4n) is 1.69. The minimum Gasteiger partial charge on any atom is -0.464 e. The molecular weight excluding hydrogens is 216 g/mol. The highest BCUT2D eigenvalue weighted by atomic mass is 16.5. The molecule has 0 unspecified atom stereocenters. The Balaban J connectivity index is 2.05. The highest BCUT2D eigenvalue weighted by Crippen LogP contribution is 2.06. The standard InChI is InChI=1S/C13H14N2O2/c1-17-13(16)12-5-3-8-15(12)9-6-11-4-2-7-14-10-11/h2-5,7-8,10H,6,9H2,1H3. The molecule has 2 aromatic rings. The maximum atomic E-state index is 11.5. The zero-order valence-corrected chi connectivity index (χ0v) is 9.67. The van der Waals surface area contributed by atoms with Crippen LogP contribution in [0, 0.1) is 0 Å². The Labute approximate surface area is 99.9 Å². The van der Waals surface area contributed by atoms with Gasteiger partial charge in [0.15, 0.2) is 0 Å². The number of hydrogen-bond donors (Lipinski definition) is 0. The van der Waals surface area contributed by atoms with Crippen molar-refractivity contribution >= 4 is 5.97 Å². The molecule has 0 N–H and O–H groups in total. The minimum absolute atomic E-state index is 0.304. The first kappa shape index (κ1) is 11.4. The zero-order valence-electron chi connectivity index (χ0n) is 9.67. The molecule has 0 atom stereocenters. The lowest BCUT2D eigenvalue weighted by Gasteiger charge is -2.07. The normalized spacial score (nSPS) is 10.2. The molecule has 2 heterocycles. The lowest BCUT2D eigenvalue weighted by molar-refractivity contribution is 0.0588. The number of nitrogens with zero attached hydrogens (tertiary/aromatic N) is 2. The predicted octanol–water partition coefficient (Wildman–Crippen LogP) is 1.91. The van der Waals surface area contributed by atoms with Gasteiger partial charge in [-0.25, -0.2) is 4.79 Å². The molecule has 0 fully saturated rings. The summed E-state index contributed by atoms with van der Waals surface area (Å²) in [7, 11) is 1.39. The van der Waals surface area contributed by atoms with Crippen LogP contribution in [0.4, 0.5) is 0 Å². The maximum Gasteiger partial charge on any atom is 0.354 e. The first-order chi connectivity index (χ1) is 8.31. The van der Waals surface area contributed by atoms with Crippen LogP contribution >= 0.6 is 0 Å². The van der Waals surface area contributed by atoms with Crippen LogP contribution in [0.15, 0.2) is 42.9 Å². The largest absolute Gasteiger partial charge is 0.464 e. The van der Waals surface area contributed by atoms with Gasteiger partial charge in [0.05, 0.1) is 7.11 Å². The summed E-state index contributed by atoms with van der Waals surface area (Å²) in [6.07, 6.45) is 6.30. The number of pyridine rings is 1. The molecule has 0 saturated heterocycles. The van der Waals surface area contributed by atoms with Gasteiger partial charge >= 0.3 is 5.97 Å². The van der Waals surface area contributed by atoms with Crippen LogP contribution in [0.1, 0.15) is 16.1 Å². The van der Waals surface area contributed by atoms with E-state index >= 15 is 0 Å². The third kappa shape index (κ3) is 2.72. The van der Waals surface area contributed by atoms with E-state index in [9.17, 15) is 4.79 Å². The third-order valence-corrected chi connectivity index (χ3v) is 2.59. The fraction of sp³-hybridized carbons (Fsp3) is 0.231. The van der Waals surface area contributed by atoms with E-state index in [-0.39, 0.29) is 5.97 Å². The Kier molecular flexibility index (Phi) is 3.55. The average molecular weight is 230 g/mol. The molecular formula is C13H14N2O2. The van der Waals surface area contributed by atoms with Gasteiger partial charge in [0.25, 0.3) is 0 Å². The molecule has 4 nitrogen and oxygen atoms in total. The molecule has 0 bridgehead atoms. The van der Waals surface area contributed by atoms with Crippen LogP contribution < -0.4 is 0 Å². The first-order valence-corrected chi connectivity index (χ1v) is 5.43. The number of aromatic nitrogens is 2. The predicted molar refractivity (Wildman–Crippen MR) is 63.7 cm³/mol. The fourth-order valence-corrected chi connectivity index (χ4v) is 1.69. The second-order valence-electron chi connectivity index (χ2n) is 3.69. The molecule has 2 rings (SSSR count). The minimum atomic E-state index is -0.304. The second-order valence-corrected chi connectivity index (χ2v) is 3.69. The van der Waals surface area contributed by atoms with Crippen molar-refractivity contribution in [1.82, 2.24) is 9.55 Å². The molecule has 2 aromatic heterocycles. The summed E-state index contributed by atoms with van der Waals surface area (Å²) in [6.45, 7) is 0.739. The lowest BCUT2D eigenvalue weighted by Crippen LogP contribution is -2.11. The van der Waals surface area contributed by atoms with Crippen LogP contribution in [0.25, 0.3) is 0 Å². The van der Waals surface area contributed by atoms with Crippen molar-refractivity contribution in [2.24, 2.45) is 0 Å². The molecule has 4 heteroatoms. The molecule has 0 saturated carbocycles. The molecule has 0 amide bonds. The molecule has 0 aromatic carbocycles. The Bertz CT molecular complexity index is 491. The Morgan fingerprint density at radius 2 is 2.29 bits per heavy atom. The number of aryl methyl sites for hydroxylation is 2. The smallest absolute Gasteiger partial charge is 0.354 e. The van der Waals surface area contributed by atoms with Gasteiger partial charge < -0.3 is 9.30 Å². The Morgan fingerprint density at radius 3 is 3.00 bits per heavy atom. The van der Waals surface area contributed by atoms with Gasteiger partial charge in [0.2, 0.25) is 0 Å². The maximum absolute atomic E-state index is 11.5. The second kappa shape index (κ2) is 5.30. The SMILES string of the molecule is COC(=O)c1cccn1CCc1cccnc1. The van der Waals surface area contributed by atoms with Gasteiger partial charge in [-0.15, -0.1) is 0 Å². The van der Waals surface area contributed by atoms with E-state index < -0.39 is 0 Å². The Morgan fingerprint density at radius 1 is 1.41 bits per heavy atom. The summed E-state index contributed by atoms with van der Waals surface area (Å²) in [5.41, 5.74) is 1.73. The number of hydrogen-bond acceptors (Lipinski definition) is 3. The molecule has 0 aliphatic rings. The number of ether oxygens (including phenoxy) is 1. The van der Waals surface area contributed by atoms with Crippen molar-refractivity contribution in [3.05, 3.63) is 54.1 Å². The van der Waals surface area contributed by atoms with E-state index in [1.165, 1.54) is 7.11 Å². The van der Waals surface area contributed by atoms with Crippen molar-refractivity contribution in [2.75, 3.05) is 7.11 Å². The van der Waals surface area contributed by atoms with E-state index in [1.54, 1.807) is 12.3 Å².